The average molecular weight is 355 g/mol. The third-order valence-electron chi connectivity index (χ3n) is 4.48. The fourth-order valence-electron chi connectivity index (χ4n) is 3.43. The van der Waals surface area contributed by atoms with Gasteiger partial charge in [-0.25, -0.2) is 0 Å². The third-order valence-corrected chi connectivity index (χ3v) is 5.10. The van der Waals surface area contributed by atoms with Gasteiger partial charge in [-0.3, -0.25) is 4.90 Å². The molecule has 1 aliphatic heterocycles. The lowest BCUT2D eigenvalue weighted by Gasteiger charge is -2.41. The molecule has 0 aliphatic carbocycles. The Balaban J connectivity index is 2.22. The number of ether oxygens (including phenoxy) is 1. The van der Waals surface area contributed by atoms with Crippen molar-refractivity contribution in [2.75, 3.05) is 20.2 Å². The summed E-state index contributed by atoms with van der Waals surface area (Å²) < 4.78 is 6.33. The van der Waals surface area contributed by atoms with E-state index in [9.17, 15) is 0 Å². The Morgan fingerprint density at radius 2 is 2.24 bits per heavy atom. The molecular formula is C17H27BrN2O. The van der Waals surface area contributed by atoms with Crippen molar-refractivity contribution in [3.05, 3.63) is 28.2 Å². The minimum Gasteiger partial charge on any atom is -0.496 e. The number of nitrogens with zero attached hydrogens (tertiary/aromatic N) is 1. The van der Waals surface area contributed by atoms with E-state index in [1.807, 2.05) is 6.07 Å². The minimum absolute atomic E-state index is 0.309. The summed E-state index contributed by atoms with van der Waals surface area (Å²) in [5, 5.41) is 0. The maximum atomic E-state index is 6.13. The van der Waals surface area contributed by atoms with E-state index in [0.717, 1.165) is 16.8 Å². The van der Waals surface area contributed by atoms with Crippen molar-refractivity contribution in [2.24, 2.45) is 5.73 Å². The van der Waals surface area contributed by atoms with E-state index in [-0.39, 0.29) is 0 Å². The van der Waals surface area contributed by atoms with Gasteiger partial charge in [-0.15, -0.1) is 0 Å². The second-order valence-electron chi connectivity index (χ2n) is 5.82. The first-order chi connectivity index (χ1) is 10.2. The van der Waals surface area contributed by atoms with Crippen molar-refractivity contribution in [1.82, 2.24) is 4.90 Å². The molecule has 0 bridgehead atoms. The molecule has 0 amide bonds. The molecule has 4 heteroatoms. The van der Waals surface area contributed by atoms with Gasteiger partial charge in [0.1, 0.15) is 5.75 Å². The number of rotatable bonds is 6. The van der Waals surface area contributed by atoms with Crippen molar-refractivity contribution in [3.63, 3.8) is 0 Å². The quantitative estimate of drug-likeness (QED) is 0.835. The van der Waals surface area contributed by atoms with E-state index in [1.54, 1.807) is 7.11 Å². The first-order valence-corrected chi connectivity index (χ1v) is 8.79. The first kappa shape index (κ1) is 16.8. The van der Waals surface area contributed by atoms with Gasteiger partial charge >= 0.3 is 0 Å². The Morgan fingerprint density at radius 1 is 1.43 bits per heavy atom. The molecule has 1 heterocycles. The molecule has 3 nitrogen and oxygen atoms in total. The topological polar surface area (TPSA) is 38.5 Å². The Hall–Kier alpha value is -0.580. The van der Waals surface area contributed by atoms with Gasteiger partial charge in [0.25, 0.3) is 0 Å². The maximum absolute atomic E-state index is 6.13. The zero-order valence-corrected chi connectivity index (χ0v) is 14.7. The number of methoxy groups -OCH3 is 1. The molecule has 1 aliphatic rings. The predicted molar refractivity (Wildman–Crippen MR) is 91.7 cm³/mol. The molecule has 0 radical (unpaired) electrons. The van der Waals surface area contributed by atoms with E-state index in [0.29, 0.717) is 18.6 Å². The van der Waals surface area contributed by atoms with Crippen molar-refractivity contribution < 1.29 is 4.74 Å². The highest BCUT2D eigenvalue weighted by atomic mass is 79.9. The second-order valence-corrected chi connectivity index (χ2v) is 6.68. The van der Waals surface area contributed by atoms with Gasteiger partial charge in [-0.2, -0.15) is 0 Å². The molecule has 1 aromatic carbocycles. The molecule has 0 saturated carbocycles. The lowest BCUT2D eigenvalue weighted by atomic mass is 9.93. The van der Waals surface area contributed by atoms with Crippen molar-refractivity contribution in [1.29, 1.82) is 0 Å². The van der Waals surface area contributed by atoms with Crippen LogP contribution >= 0.6 is 15.9 Å². The Morgan fingerprint density at radius 3 is 2.86 bits per heavy atom. The zero-order valence-electron chi connectivity index (χ0n) is 13.1. The number of hydrogen-bond donors (Lipinski definition) is 1. The van der Waals surface area contributed by atoms with E-state index in [1.165, 1.54) is 37.7 Å². The summed E-state index contributed by atoms with van der Waals surface area (Å²) in [5.74, 6) is 0.873. The fraction of sp³-hybridized carbons (Fsp3) is 0.647. The summed E-state index contributed by atoms with van der Waals surface area (Å²) in [6, 6.07) is 7.33. The molecule has 0 aromatic heterocycles. The highest BCUT2D eigenvalue weighted by Gasteiger charge is 2.28. The van der Waals surface area contributed by atoms with Gasteiger partial charge in [0.05, 0.1) is 11.6 Å². The van der Waals surface area contributed by atoms with Crippen LogP contribution < -0.4 is 10.5 Å². The molecule has 118 valence electrons. The van der Waals surface area contributed by atoms with Crippen LogP contribution in [0.4, 0.5) is 0 Å². The van der Waals surface area contributed by atoms with Gasteiger partial charge in [0.2, 0.25) is 0 Å². The predicted octanol–water partition coefficient (Wildman–Crippen LogP) is 4.11. The molecule has 1 saturated heterocycles. The molecule has 21 heavy (non-hydrogen) atoms. The fourth-order valence-corrected chi connectivity index (χ4v) is 3.99. The first-order valence-electron chi connectivity index (χ1n) is 8.00. The van der Waals surface area contributed by atoms with Crippen molar-refractivity contribution in [3.8, 4) is 5.75 Å². The van der Waals surface area contributed by atoms with Gasteiger partial charge in [0.15, 0.2) is 0 Å². The summed E-state index contributed by atoms with van der Waals surface area (Å²) in [5.41, 5.74) is 7.41. The number of halogens is 1. The summed E-state index contributed by atoms with van der Waals surface area (Å²) in [6.45, 7) is 4.10. The highest BCUT2D eigenvalue weighted by molar-refractivity contribution is 9.10. The summed E-state index contributed by atoms with van der Waals surface area (Å²) in [6.07, 6.45) is 6.46. The smallest absolute Gasteiger partial charge is 0.133 e. The largest absolute Gasteiger partial charge is 0.496 e. The number of hydrogen-bond acceptors (Lipinski definition) is 3. The van der Waals surface area contributed by atoms with Gasteiger partial charge in [-0.05, 0) is 59.4 Å². The van der Waals surface area contributed by atoms with Gasteiger partial charge < -0.3 is 10.5 Å². The standard InChI is InChI=1S/C17H27BrN2O/c1-3-6-14-7-4-5-10-20(14)16(12-19)13-8-9-17(21-2)15(18)11-13/h8-9,11,14,16H,3-7,10,12,19H2,1-2H3. The molecule has 2 atom stereocenters. The van der Waals surface area contributed by atoms with Crippen LogP contribution in [0.5, 0.6) is 5.75 Å². The van der Waals surface area contributed by atoms with E-state index in [2.05, 4.69) is 39.9 Å². The molecular weight excluding hydrogens is 328 g/mol. The Bertz CT molecular complexity index is 450. The zero-order chi connectivity index (χ0) is 15.2. The van der Waals surface area contributed by atoms with Crippen LogP contribution in [0, 0.1) is 0 Å². The minimum atomic E-state index is 0.309. The van der Waals surface area contributed by atoms with Crippen LogP contribution in [0.2, 0.25) is 0 Å². The second kappa shape index (κ2) is 8.16. The third kappa shape index (κ3) is 3.99. The summed E-state index contributed by atoms with van der Waals surface area (Å²) in [7, 11) is 1.70. The van der Waals surface area contributed by atoms with Crippen molar-refractivity contribution in [2.45, 2.75) is 51.1 Å². The van der Waals surface area contributed by atoms with E-state index < -0.39 is 0 Å². The van der Waals surface area contributed by atoms with Crippen LogP contribution in [-0.2, 0) is 0 Å². The number of likely N-dealkylation sites (tertiary alicyclic amines) is 1. The number of piperidine rings is 1. The van der Waals surface area contributed by atoms with Gasteiger partial charge in [0, 0.05) is 18.6 Å². The van der Waals surface area contributed by atoms with Crippen LogP contribution in [0.25, 0.3) is 0 Å². The number of nitrogens with two attached hydrogens (primary N) is 1. The van der Waals surface area contributed by atoms with E-state index >= 15 is 0 Å². The lowest BCUT2D eigenvalue weighted by Crippen LogP contribution is -2.44. The molecule has 2 rings (SSSR count). The molecule has 1 fully saturated rings. The molecule has 1 aromatic rings. The highest BCUT2D eigenvalue weighted by Crippen LogP contribution is 2.33. The lowest BCUT2D eigenvalue weighted by molar-refractivity contribution is 0.0912. The maximum Gasteiger partial charge on any atom is 0.133 e. The monoisotopic (exact) mass is 354 g/mol. The Labute approximate surface area is 137 Å². The average Bonchev–Trinajstić information content (AvgIpc) is 2.50. The number of benzene rings is 1. The molecule has 2 N–H and O–H groups in total. The summed E-state index contributed by atoms with van der Waals surface area (Å²) in [4.78, 5) is 2.63. The summed E-state index contributed by atoms with van der Waals surface area (Å²) >= 11 is 3.59. The molecule has 2 unspecified atom stereocenters. The van der Waals surface area contributed by atoms with Crippen LogP contribution in [0.15, 0.2) is 22.7 Å². The van der Waals surface area contributed by atoms with Crippen molar-refractivity contribution >= 4 is 15.9 Å². The Kier molecular flexibility index (Phi) is 6.52. The van der Waals surface area contributed by atoms with E-state index in [4.69, 9.17) is 10.5 Å². The van der Waals surface area contributed by atoms with Crippen LogP contribution in [-0.4, -0.2) is 31.1 Å². The van der Waals surface area contributed by atoms with Gasteiger partial charge in [-0.1, -0.05) is 25.8 Å². The normalized spacial score (nSPS) is 21.2. The van der Waals surface area contributed by atoms with Crippen LogP contribution in [0.3, 0.4) is 0 Å². The molecule has 0 spiro atoms. The SMILES string of the molecule is CCCC1CCCCN1C(CN)c1ccc(OC)c(Br)c1. The van der Waals surface area contributed by atoms with Crippen LogP contribution in [0.1, 0.15) is 50.6 Å².